The zero-order valence-electron chi connectivity index (χ0n) is 13.7. The number of nitrogens with one attached hydrogen (secondary N) is 1. The van der Waals surface area contributed by atoms with Gasteiger partial charge in [-0.25, -0.2) is 5.43 Å². The van der Waals surface area contributed by atoms with Crippen LogP contribution in [0.5, 0.6) is 0 Å². The number of hydrazone groups is 1. The van der Waals surface area contributed by atoms with Gasteiger partial charge in [-0.15, -0.1) is 0 Å². The molecule has 3 rings (SSSR count). The largest absolute Gasteiger partial charge is 0.271 e. The smallest absolute Gasteiger partial charge is 0.267 e. The van der Waals surface area contributed by atoms with Crippen LogP contribution in [-0.4, -0.2) is 16.5 Å². The summed E-state index contributed by atoms with van der Waals surface area (Å²) in [7, 11) is 0. The van der Waals surface area contributed by atoms with Gasteiger partial charge in [-0.3, -0.25) is 14.9 Å². The second-order valence-electron chi connectivity index (χ2n) is 5.44. The summed E-state index contributed by atoms with van der Waals surface area (Å²) < 4.78 is 0. The summed E-state index contributed by atoms with van der Waals surface area (Å²) in [6.45, 7) is 0. The molecule has 0 aromatic heterocycles. The Bertz CT molecular complexity index is 913. The minimum absolute atomic E-state index is 0.145. The van der Waals surface area contributed by atoms with Gasteiger partial charge in [0.25, 0.3) is 11.6 Å². The van der Waals surface area contributed by atoms with Crippen molar-refractivity contribution in [1.29, 1.82) is 0 Å². The topological polar surface area (TPSA) is 84.6 Å². The van der Waals surface area contributed by atoms with Gasteiger partial charge in [0.15, 0.2) is 0 Å². The van der Waals surface area contributed by atoms with Crippen molar-refractivity contribution in [2.24, 2.45) is 5.10 Å². The number of amides is 1. The maximum absolute atomic E-state index is 12.3. The zero-order chi connectivity index (χ0) is 18.4. The van der Waals surface area contributed by atoms with Crippen LogP contribution in [0.25, 0.3) is 0 Å². The third-order valence-electron chi connectivity index (χ3n) is 3.68. The third-order valence-corrected chi connectivity index (χ3v) is 3.68. The van der Waals surface area contributed by atoms with Crippen LogP contribution in [0.3, 0.4) is 0 Å². The summed E-state index contributed by atoms with van der Waals surface area (Å²) in [6, 6.07) is 24.4. The molecule has 1 N–H and O–H groups in total. The zero-order valence-corrected chi connectivity index (χ0v) is 13.7. The lowest BCUT2D eigenvalue weighted by atomic mass is 10.0. The molecular weight excluding hydrogens is 330 g/mol. The van der Waals surface area contributed by atoms with Gasteiger partial charge in [0.2, 0.25) is 0 Å². The molecule has 128 valence electrons. The van der Waals surface area contributed by atoms with E-state index < -0.39 is 10.8 Å². The van der Waals surface area contributed by atoms with E-state index in [1.54, 1.807) is 0 Å². The van der Waals surface area contributed by atoms with Crippen LogP contribution < -0.4 is 5.43 Å². The fourth-order valence-corrected chi connectivity index (χ4v) is 2.42. The monoisotopic (exact) mass is 345 g/mol. The first-order valence-electron chi connectivity index (χ1n) is 7.88. The van der Waals surface area contributed by atoms with Gasteiger partial charge in [-0.05, 0) is 6.07 Å². The van der Waals surface area contributed by atoms with E-state index in [4.69, 9.17) is 0 Å². The van der Waals surface area contributed by atoms with Crippen molar-refractivity contribution >= 4 is 17.3 Å². The highest BCUT2D eigenvalue weighted by molar-refractivity contribution is 6.13. The van der Waals surface area contributed by atoms with Crippen molar-refractivity contribution in [3.63, 3.8) is 0 Å². The molecule has 0 atom stereocenters. The van der Waals surface area contributed by atoms with Crippen molar-refractivity contribution in [2.45, 2.75) is 0 Å². The van der Waals surface area contributed by atoms with Gasteiger partial charge in [-0.1, -0.05) is 66.7 Å². The Balaban J connectivity index is 1.91. The molecule has 0 aliphatic carbocycles. The fraction of sp³-hybridized carbons (Fsp3) is 0. The molecule has 0 saturated heterocycles. The SMILES string of the molecule is O=C(NN=C(c1ccccc1)c1ccccc1)c1cccc([N+](=O)[O-])c1. The summed E-state index contributed by atoms with van der Waals surface area (Å²) in [5.41, 5.74) is 4.81. The molecule has 6 heteroatoms. The average molecular weight is 345 g/mol. The van der Waals surface area contributed by atoms with E-state index in [2.05, 4.69) is 10.5 Å². The maximum atomic E-state index is 12.3. The Hall–Kier alpha value is -3.80. The molecule has 0 aliphatic rings. The van der Waals surface area contributed by atoms with Gasteiger partial charge in [0.05, 0.1) is 10.6 Å². The fourth-order valence-electron chi connectivity index (χ4n) is 2.42. The third kappa shape index (κ3) is 3.99. The van der Waals surface area contributed by atoms with Crippen molar-refractivity contribution in [2.75, 3.05) is 0 Å². The van der Waals surface area contributed by atoms with E-state index >= 15 is 0 Å². The number of carbonyl (C=O) groups excluding carboxylic acids is 1. The number of nitrogens with zero attached hydrogens (tertiary/aromatic N) is 2. The van der Waals surface area contributed by atoms with Crippen LogP contribution in [0.15, 0.2) is 90.0 Å². The van der Waals surface area contributed by atoms with Crippen LogP contribution in [0.4, 0.5) is 5.69 Å². The highest BCUT2D eigenvalue weighted by Gasteiger charge is 2.12. The second kappa shape index (κ2) is 7.85. The summed E-state index contributed by atoms with van der Waals surface area (Å²) in [6.07, 6.45) is 0. The number of rotatable bonds is 5. The summed E-state index contributed by atoms with van der Waals surface area (Å²) in [5.74, 6) is -0.516. The van der Waals surface area contributed by atoms with Gasteiger partial charge >= 0.3 is 0 Å². The van der Waals surface area contributed by atoms with E-state index in [1.165, 1.54) is 24.3 Å². The first kappa shape index (κ1) is 17.0. The molecule has 3 aromatic rings. The van der Waals surface area contributed by atoms with Crippen LogP contribution in [0.1, 0.15) is 21.5 Å². The van der Waals surface area contributed by atoms with Crippen LogP contribution in [-0.2, 0) is 0 Å². The number of non-ortho nitro benzene ring substituents is 1. The Morgan fingerprint density at radius 3 is 1.88 bits per heavy atom. The minimum atomic E-state index is -0.542. The molecule has 0 spiro atoms. The number of nitro benzene ring substituents is 1. The van der Waals surface area contributed by atoms with E-state index in [0.717, 1.165) is 11.1 Å². The molecular formula is C20H15N3O3. The Morgan fingerprint density at radius 2 is 1.35 bits per heavy atom. The Morgan fingerprint density at radius 1 is 0.808 bits per heavy atom. The van der Waals surface area contributed by atoms with E-state index in [-0.39, 0.29) is 11.3 Å². The second-order valence-corrected chi connectivity index (χ2v) is 5.44. The molecule has 3 aromatic carbocycles. The lowest BCUT2D eigenvalue weighted by Gasteiger charge is -2.08. The van der Waals surface area contributed by atoms with Crippen LogP contribution in [0.2, 0.25) is 0 Å². The molecule has 26 heavy (non-hydrogen) atoms. The van der Waals surface area contributed by atoms with Gasteiger partial charge < -0.3 is 0 Å². The lowest BCUT2D eigenvalue weighted by molar-refractivity contribution is -0.384. The van der Waals surface area contributed by atoms with Gasteiger partial charge in [0.1, 0.15) is 0 Å². The molecule has 0 unspecified atom stereocenters. The number of benzene rings is 3. The van der Waals surface area contributed by atoms with E-state index in [0.29, 0.717) is 5.71 Å². The highest BCUT2D eigenvalue weighted by Crippen LogP contribution is 2.14. The lowest BCUT2D eigenvalue weighted by Crippen LogP contribution is -2.20. The minimum Gasteiger partial charge on any atom is -0.267 e. The Labute approximate surface area is 150 Å². The van der Waals surface area contributed by atoms with Gasteiger partial charge in [0, 0.05) is 28.8 Å². The number of hydrogen-bond donors (Lipinski definition) is 1. The standard InChI is InChI=1S/C20H15N3O3/c24-20(17-12-7-13-18(14-17)23(25)26)22-21-19(15-8-3-1-4-9-15)16-10-5-2-6-11-16/h1-14H,(H,22,24). The summed E-state index contributed by atoms with van der Waals surface area (Å²) in [5, 5.41) is 15.1. The molecule has 0 bridgehead atoms. The van der Waals surface area contributed by atoms with Crippen molar-refractivity contribution < 1.29 is 9.72 Å². The number of nitro groups is 1. The Kier molecular flexibility index (Phi) is 5.14. The van der Waals surface area contributed by atoms with Gasteiger partial charge in [-0.2, -0.15) is 5.10 Å². The molecule has 0 radical (unpaired) electrons. The van der Waals surface area contributed by atoms with Crippen molar-refractivity contribution in [3.8, 4) is 0 Å². The quantitative estimate of drug-likeness (QED) is 0.434. The van der Waals surface area contributed by atoms with Crippen molar-refractivity contribution in [3.05, 3.63) is 112 Å². The molecule has 1 amide bonds. The van der Waals surface area contributed by atoms with E-state index in [9.17, 15) is 14.9 Å². The molecule has 0 aliphatic heterocycles. The summed E-state index contributed by atoms with van der Waals surface area (Å²) in [4.78, 5) is 22.7. The molecule has 6 nitrogen and oxygen atoms in total. The predicted octanol–water partition coefficient (Wildman–Crippen LogP) is 3.78. The van der Waals surface area contributed by atoms with Crippen LogP contribution >= 0.6 is 0 Å². The normalized spacial score (nSPS) is 10.0. The van der Waals surface area contributed by atoms with Crippen molar-refractivity contribution in [1.82, 2.24) is 5.43 Å². The molecule has 0 fully saturated rings. The highest BCUT2D eigenvalue weighted by atomic mass is 16.6. The maximum Gasteiger partial charge on any atom is 0.271 e. The number of hydrogen-bond acceptors (Lipinski definition) is 4. The predicted molar refractivity (Wildman–Crippen MR) is 99.1 cm³/mol. The summed E-state index contributed by atoms with van der Waals surface area (Å²) >= 11 is 0. The average Bonchev–Trinajstić information content (AvgIpc) is 2.69. The van der Waals surface area contributed by atoms with Crippen LogP contribution in [0, 0.1) is 10.1 Å². The first-order valence-corrected chi connectivity index (χ1v) is 7.88. The number of carbonyl (C=O) groups is 1. The first-order chi connectivity index (χ1) is 12.6. The van der Waals surface area contributed by atoms with E-state index in [1.807, 2.05) is 60.7 Å². The molecule has 0 saturated carbocycles. The molecule has 0 heterocycles.